The Morgan fingerprint density at radius 3 is 2.64 bits per heavy atom. The number of anilines is 1. The van der Waals surface area contributed by atoms with E-state index >= 15 is 0 Å². The van der Waals surface area contributed by atoms with Crippen molar-refractivity contribution in [3.05, 3.63) is 48.0 Å². The van der Waals surface area contributed by atoms with Gasteiger partial charge in [0.25, 0.3) is 5.91 Å². The Bertz CT molecular complexity index is 1410. The van der Waals surface area contributed by atoms with Gasteiger partial charge >= 0.3 is 0 Å². The Morgan fingerprint density at radius 2 is 2.03 bits per heavy atom. The number of fused-ring (bicyclic) bond motifs is 1. The van der Waals surface area contributed by atoms with Crippen LogP contribution < -0.4 is 15.8 Å². The average molecular weight is 493 g/mol. The Labute approximate surface area is 206 Å². The number of ether oxygens (including phenoxy) is 2. The van der Waals surface area contributed by atoms with Crippen LogP contribution in [0.2, 0.25) is 0 Å². The summed E-state index contributed by atoms with van der Waals surface area (Å²) in [5.41, 5.74) is 7.14. The van der Waals surface area contributed by atoms with E-state index in [2.05, 4.69) is 16.5 Å². The van der Waals surface area contributed by atoms with Crippen LogP contribution in [0.5, 0.6) is 5.75 Å². The van der Waals surface area contributed by atoms with Crippen molar-refractivity contribution in [3.63, 3.8) is 0 Å². The summed E-state index contributed by atoms with van der Waals surface area (Å²) in [6, 6.07) is 8.18. The number of primary amides is 1. The number of nitriles is 1. The standard InChI is InChI=1S/C25H25FN6O4/c1-35-20-4-3-14(7-17(20)26)15-8-19-22(16(23(28)33)9-29-32(19)10-15)30-18-11-31(12-21(18)36-2)24(34)25(13-27)5-6-25/h3-4,7-10,18,21,30H,5-6,11-12H2,1-2H3,(H2,28,33)/t18-,21-/m1/s1. The molecule has 0 spiro atoms. The zero-order valence-electron chi connectivity index (χ0n) is 19.8. The first-order valence-corrected chi connectivity index (χ1v) is 11.5. The van der Waals surface area contributed by atoms with Gasteiger partial charge in [-0.2, -0.15) is 10.4 Å². The molecule has 186 valence electrons. The lowest BCUT2D eigenvalue weighted by atomic mass is 10.1. The summed E-state index contributed by atoms with van der Waals surface area (Å²) in [5.74, 6) is -1.24. The summed E-state index contributed by atoms with van der Waals surface area (Å²) in [5, 5.41) is 17.1. The first-order valence-electron chi connectivity index (χ1n) is 11.5. The van der Waals surface area contributed by atoms with Gasteiger partial charge in [0.2, 0.25) is 5.91 Å². The first-order chi connectivity index (χ1) is 17.3. The molecule has 2 atom stereocenters. The minimum absolute atomic E-state index is 0.134. The number of nitrogens with one attached hydrogen (secondary N) is 1. The van der Waals surface area contributed by atoms with Gasteiger partial charge in [-0.3, -0.25) is 9.59 Å². The summed E-state index contributed by atoms with van der Waals surface area (Å²) in [7, 11) is 2.95. The van der Waals surface area contributed by atoms with Gasteiger partial charge < -0.3 is 25.4 Å². The van der Waals surface area contributed by atoms with E-state index < -0.39 is 17.1 Å². The summed E-state index contributed by atoms with van der Waals surface area (Å²) >= 11 is 0. The molecule has 11 heteroatoms. The molecular weight excluding hydrogens is 467 g/mol. The van der Waals surface area contributed by atoms with Crippen molar-refractivity contribution < 1.29 is 23.5 Å². The van der Waals surface area contributed by atoms with E-state index in [0.29, 0.717) is 48.3 Å². The molecule has 1 saturated heterocycles. The van der Waals surface area contributed by atoms with Gasteiger partial charge in [-0.25, -0.2) is 8.91 Å². The van der Waals surface area contributed by atoms with Gasteiger partial charge in [0, 0.05) is 32.0 Å². The summed E-state index contributed by atoms with van der Waals surface area (Å²) in [6.07, 6.45) is 3.83. The number of rotatable bonds is 7. The van der Waals surface area contributed by atoms with Crippen molar-refractivity contribution in [1.82, 2.24) is 14.5 Å². The van der Waals surface area contributed by atoms with E-state index in [0.717, 1.165) is 0 Å². The zero-order chi connectivity index (χ0) is 25.6. The molecule has 2 amide bonds. The summed E-state index contributed by atoms with van der Waals surface area (Å²) in [4.78, 5) is 26.8. The quantitative estimate of drug-likeness (QED) is 0.516. The summed E-state index contributed by atoms with van der Waals surface area (Å²) in [6.45, 7) is 0.617. The molecule has 36 heavy (non-hydrogen) atoms. The maximum Gasteiger partial charge on any atom is 0.252 e. The number of aromatic nitrogens is 2. The van der Waals surface area contributed by atoms with Gasteiger partial charge in [-0.1, -0.05) is 6.07 Å². The van der Waals surface area contributed by atoms with Crippen LogP contribution in [-0.2, 0) is 9.53 Å². The zero-order valence-corrected chi connectivity index (χ0v) is 19.8. The predicted molar refractivity (Wildman–Crippen MR) is 128 cm³/mol. The lowest BCUT2D eigenvalue weighted by Crippen LogP contribution is -2.37. The van der Waals surface area contributed by atoms with Gasteiger partial charge in [0.05, 0.1) is 48.3 Å². The topological polar surface area (TPSA) is 135 Å². The lowest BCUT2D eigenvalue weighted by Gasteiger charge is -2.21. The molecule has 0 radical (unpaired) electrons. The number of methoxy groups -OCH3 is 2. The van der Waals surface area contributed by atoms with Crippen molar-refractivity contribution in [3.8, 4) is 22.9 Å². The van der Waals surface area contributed by atoms with Gasteiger partial charge in [-0.05, 0) is 36.6 Å². The molecule has 1 aliphatic carbocycles. The van der Waals surface area contributed by atoms with Crippen molar-refractivity contribution in [2.45, 2.75) is 25.0 Å². The van der Waals surface area contributed by atoms with Crippen molar-refractivity contribution in [1.29, 1.82) is 5.26 Å². The van der Waals surface area contributed by atoms with Gasteiger partial charge in [-0.15, -0.1) is 0 Å². The van der Waals surface area contributed by atoms with Crippen LogP contribution in [0.1, 0.15) is 23.2 Å². The number of nitrogens with two attached hydrogens (primary N) is 1. The van der Waals surface area contributed by atoms with E-state index in [1.807, 2.05) is 0 Å². The second-order valence-electron chi connectivity index (χ2n) is 9.13. The highest BCUT2D eigenvalue weighted by molar-refractivity contribution is 6.02. The summed E-state index contributed by atoms with van der Waals surface area (Å²) < 4.78 is 26.5. The minimum atomic E-state index is -0.931. The third kappa shape index (κ3) is 3.89. The number of nitrogens with zero attached hydrogens (tertiary/aromatic N) is 4. The molecule has 0 unspecified atom stereocenters. The van der Waals surface area contributed by atoms with Crippen molar-refractivity contribution >= 4 is 23.0 Å². The molecule has 3 N–H and O–H groups in total. The fourth-order valence-electron chi connectivity index (χ4n) is 4.70. The molecule has 1 aliphatic heterocycles. The van der Waals surface area contributed by atoms with Crippen LogP contribution in [0.25, 0.3) is 16.6 Å². The fourth-order valence-corrected chi connectivity index (χ4v) is 4.70. The van der Waals surface area contributed by atoms with Crippen LogP contribution in [0.15, 0.2) is 36.7 Å². The molecule has 5 rings (SSSR count). The molecule has 10 nitrogen and oxygen atoms in total. The number of likely N-dealkylation sites (tertiary alicyclic amines) is 1. The maximum absolute atomic E-state index is 14.3. The monoisotopic (exact) mass is 492 g/mol. The van der Waals surface area contributed by atoms with Gasteiger partial charge in [0.1, 0.15) is 5.41 Å². The van der Waals surface area contributed by atoms with Crippen LogP contribution in [0, 0.1) is 22.6 Å². The highest BCUT2D eigenvalue weighted by Gasteiger charge is 2.54. The van der Waals surface area contributed by atoms with E-state index in [1.54, 1.807) is 34.9 Å². The molecule has 2 fully saturated rings. The highest BCUT2D eigenvalue weighted by atomic mass is 19.1. The molecule has 1 saturated carbocycles. The molecule has 2 aliphatic rings. The van der Waals surface area contributed by atoms with Gasteiger partial charge in [0.15, 0.2) is 11.6 Å². The molecular formula is C25H25FN6O4. The smallest absolute Gasteiger partial charge is 0.252 e. The van der Waals surface area contributed by atoms with Crippen LogP contribution in [0.4, 0.5) is 10.1 Å². The van der Waals surface area contributed by atoms with E-state index in [-0.39, 0.29) is 29.4 Å². The second-order valence-corrected chi connectivity index (χ2v) is 9.13. The number of benzene rings is 1. The Hall–Kier alpha value is -4.17. The molecule has 3 heterocycles. The predicted octanol–water partition coefficient (Wildman–Crippen LogP) is 2.19. The number of amides is 2. The third-order valence-electron chi connectivity index (χ3n) is 6.95. The van der Waals surface area contributed by atoms with Crippen LogP contribution in [0.3, 0.4) is 0 Å². The number of hydrogen-bond donors (Lipinski definition) is 2. The maximum atomic E-state index is 14.3. The first kappa shape index (κ1) is 23.6. The Balaban J connectivity index is 1.50. The Kier molecular flexibility index (Phi) is 5.76. The number of carbonyl (C=O) groups excluding carboxylic acids is 2. The lowest BCUT2D eigenvalue weighted by molar-refractivity contribution is -0.134. The normalized spacial score (nSPS) is 20.2. The van der Waals surface area contributed by atoms with Crippen molar-refractivity contribution in [2.24, 2.45) is 11.1 Å². The molecule has 1 aromatic carbocycles. The van der Waals surface area contributed by atoms with E-state index in [4.69, 9.17) is 15.2 Å². The second kappa shape index (κ2) is 8.80. The van der Waals surface area contributed by atoms with Crippen LogP contribution in [-0.4, -0.2) is 65.8 Å². The van der Waals surface area contributed by atoms with E-state index in [9.17, 15) is 19.2 Å². The van der Waals surface area contributed by atoms with Crippen molar-refractivity contribution in [2.75, 3.05) is 32.6 Å². The average Bonchev–Trinajstić information content (AvgIpc) is 3.37. The largest absolute Gasteiger partial charge is 0.494 e. The van der Waals surface area contributed by atoms with Crippen LogP contribution >= 0.6 is 0 Å². The molecule has 2 aromatic heterocycles. The third-order valence-corrected chi connectivity index (χ3v) is 6.95. The number of hydrogen-bond acceptors (Lipinski definition) is 7. The SMILES string of the molecule is COc1ccc(-c2cc3c(N[C@@H]4CN(C(=O)C5(C#N)CC5)C[C@H]4OC)c(C(N)=O)cnn3c2)cc1F. The fraction of sp³-hybridized carbons (Fsp3) is 0.360. The highest BCUT2D eigenvalue weighted by Crippen LogP contribution is 2.47. The number of halogens is 1. The molecule has 0 bridgehead atoms. The Morgan fingerprint density at radius 1 is 1.25 bits per heavy atom. The van der Waals surface area contributed by atoms with E-state index in [1.165, 1.54) is 25.4 Å². The molecule has 3 aromatic rings. The number of carbonyl (C=O) groups is 2. The minimum Gasteiger partial charge on any atom is -0.494 e.